The van der Waals surface area contributed by atoms with Gasteiger partial charge in [0.25, 0.3) is 0 Å². The fourth-order valence-electron chi connectivity index (χ4n) is 1.15. The average molecular weight is 169 g/mol. The summed E-state index contributed by atoms with van der Waals surface area (Å²) < 4.78 is 0. The Morgan fingerprint density at radius 2 is 1.83 bits per heavy atom. The molecule has 0 aromatic rings. The van der Waals surface area contributed by atoms with E-state index in [-0.39, 0.29) is 6.61 Å². The van der Waals surface area contributed by atoms with Gasteiger partial charge in [-0.25, -0.2) is 5.01 Å². The lowest BCUT2D eigenvalue weighted by Gasteiger charge is -2.30. The predicted molar refractivity (Wildman–Crippen MR) is 47.1 cm³/mol. The summed E-state index contributed by atoms with van der Waals surface area (Å²) in [4.78, 5) is 2.23. The van der Waals surface area contributed by atoms with Gasteiger partial charge in [-0.2, -0.15) is 0 Å². The molecule has 1 saturated heterocycles. The van der Waals surface area contributed by atoms with Crippen LogP contribution in [0.3, 0.4) is 0 Å². The molecule has 0 aromatic carbocycles. The lowest BCUT2D eigenvalue weighted by atomic mass is 10.3. The van der Waals surface area contributed by atoms with Crippen LogP contribution in [0.5, 0.6) is 0 Å². The SMILES string of the molecule is NN1CCN(CC#CCO)CC1. The Bertz CT molecular complexity index is 176. The fraction of sp³-hybridized carbons (Fsp3) is 0.750. The molecule has 0 atom stereocenters. The number of aliphatic hydroxyl groups excluding tert-OH is 1. The summed E-state index contributed by atoms with van der Waals surface area (Å²) in [5.41, 5.74) is 0. The third-order valence-electron chi connectivity index (χ3n) is 1.91. The number of piperazine rings is 1. The molecule has 0 saturated carbocycles. The predicted octanol–water partition coefficient (Wildman–Crippen LogP) is -1.53. The smallest absolute Gasteiger partial charge is 0.104 e. The van der Waals surface area contributed by atoms with Crippen molar-refractivity contribution in [2.45, 2.75) is 0 Å². The molecule has 1 rings (SSSR count). The molecule has 0 radical (unpaired) electrons. The van der Waals surface area contributed by atoms with Gasteiger partial charge in [0.2, 0.25) is 0 Å². The lowest BCUT2D eigenvalue weighted by Crippen LogP contribution is -2.49. The van der Waals surface area contributed by atoms with E-state index >= 15 is 0 Å². The Kier molecular flexibility index (Phi) is 4.05. The van der Waals surface area contributed by atoms with Gasteiger partial charge in [-0.05, 0) is 0 Å². The van der Waals surface area contributed by atoms with Gasteiger partial charge in [0.1, 0.15) is 6.61 Å². The van der Waals surface area contributed by atoms with Gasteiger partial charge in [0.15, 0.2) is 0 Å². The zero-order chi connectivity index (χ0) is 8.81. The molecule has 4 nitrogen and oxygen atoms in total. The highest BCUT2D eigenvalue weighted by Crippen LogP contribution is 1.95. The normalized spacial score (nSPS) is 20.2. The molecule has 0 aromatic heterocycles. The van der Waals surface area contributed by atoms with E-state index in [1.807, 2.05) is 5.01 Å². The van der Waals surface area contributed by atoms with E-state index in [0.717, 1.165) is 32.7 Å². The molecule has 0 aliphatic carbocycles. The first-order valence-corrected chi connectivity index (χ1v) is 4.11. The van der Waals surface area contributed by atoms with Crippen molar-refractivity contribution in [2.75, 3.05) is 39.3 Å². The first kappa shape index (κ1) is 9.49. The molecule has 68 valence electrons. The Labute approximate surface area is 72.9 Å². The van der Waals surface area contributed by atoms with E-state index in [4.69, 9.17) is 10.9 Å². The maximum Gasteiger partial charge on any atom is 0.104 e. The van der Waals surface area contributed by atoms with Crippen LogP contribution in [0.15, 0.2) is 0 Å². The minimum Gasteiger partial charge on any atom is -0.384 e. The molecular formula is C8H15N3O. The molecule has 0 bridgehead atoms. The van der Waals surface area contributed by atoms with E-state index < -0.39 is 0 Å². The largest absolute Gasteiger partial charge is 0.384 e. The van der Waals surface area contributed by atoms with Crippen LogP contribution < -0.4 is 5.84 Å². The number of hydrazine groups is 1. The number of hydrogen-bond donors (Lipinski definition) is 2. The molecular weight excluding hydrogens is 154 g/mol. The van der Waals surface area contributed by atoms with Crippen LogP contribution in [0.4, 0.5) is 0 Å². The Morgan fingerprint density at radius 3 is 2.42 bits per heavy atom. The molecule has 0 unspecified atom stereocenters. The summed E-state index contributed by atoms with van der Waals surface area (Å²) in [6.45, 7) is 4.44. The highest BCUT2D eigenvalue weighted by Gasteiger charge is 2.11. The summed E-state index contributed by atoms with van der Waals surface area (Å²) in [5.74, 6) is 11.1. The quantitative estimate of drug-likeness (QED) is 0.369. The van der Waals surface area contributed by atoms with Gasteiger partial charge in [-0.1, -0.05) is 11.8 Å². The van der Waals surface area contributed by atoms with E-state index in [0.29, 0.717) is 0 Å². The first-order chi connectivity index (χ1) is 5.83. The van der Waals surface area contributed by atoms with Gasteiger partial charge < -0.3 is 5.11 Å². The van der Waals surface area contributed by atoms with Crippen LogP contribution in [0.2, 0.25) is 0 Å². The summed E-state index contributed by atoms with van der Waals surface area (Å²) in [5, 5.41) is 10.2. The van der Waals surface area contributed by atoms with Crippen molar-refractivity contribution >= 4 is 0 Å². The standard InChI is InChI=1S/C8H15N3O/c9-11-6-4-10(5-7-11)3-1-2-8-12/h12H,3-9H2. The molecule has 0 amide bonds. The Hall–Kier alpha value is -0.600. The van der Waals surface area contributed by atoms with Crippen LogP contribution >= 0.6 is 0 Å². The zero-order valence-electron chi connectivity index (χ0n) is 7.16. The molecule has 1 aliphatic rings. The first-order valence-electron chi connectivity index (χ1n) is 4.11. The molecule has 1 fully saturated rings. The van der Waals surface area contributed by atoms with E-state index in [1.54, 1.807) is 0 Å². The summed E-state index contributed by atoms with van der Waals surface area (Å²) >= 11 is 0. The maximum atomic E-state index is 8.42. The second-order valence-electron chi connectivity index (χ2n) is 2.82. The third-order valence-corrected chi connectivity index (χ3v) is 1.91. The van der Waals surface area contributed by atoms with Crippen molar-refractivity contribution in [3.63, 3.8) is 0 Å². The van der Waals surface area contributed by atoms with Crippen LogP contribution in [-0.4, -0.2) is 54.3 Å². The monoisotopic (exact) mass is 169 g/mol. The number of nitrogens with two attached hydrogens (primary N) is 1. The van der Waals surface area contributed by atoms with Crippen LogP contribution in [0, 0.1) is 11.8 Å². The molecule has 12 heavy (non-hydrogen) atoms. The minimum absolute atomic E-state index is 0.0448. The van der Waals surface area contributed by atoms with Crippen molar-refractivity contribution in [2.24, 2.45) is 5.84 Å². The maximum absolute atomic E-state index is 8.42. The van der Waals surface area contributed by atoms with Gasteiger partial charge >= 0.3 is 0 Å². The topological polar surface area (TPSA) is 52.7 Å². The highest BCUT2D eigenvalue weighted by molar-refractivity contribution is 5.01. The third kappa shape index (κ3) is 3.20. The molecule has 1 heterocycles. The number of rotatable bonds is 1. The van der Waals surface area contributed by atoms with Crippen LogP contribution in [-0.2, 0) is 0 Å². The lowest BCUT2D eigenvalue weighted by molar-refractivity contribution is 0.146. The van der Waals surface area contributed by atoms with Crippen molar-refractivity contribution in [1.82, 2.24) is 9.91 Å². The van der Waals surface area contributed by atoms with Crippen molar-refractivity contribution in [3.05, 3.63) is 0 Å². The number of hydrogen-bond acceptors (Lipinski definition) is 4. The van der Waals surface area contributed by atoms with E-state index in [2.05, 4.69) is 16.7 Å². The molecule has 0 spiro atoms. The second kappa shape index (κ2) is 5.12. The second-order valence-corrected chi connectivity index (χ2v) is 2.82. The molecule has 4 heteroatoms. The van der Waals surface area contributed by atoms with Gasteiger partial charge in [0.05, 0.1) is 6.54 Å². The molecule has 3 N–H and O–H groups in total. The summed E-state index contributed by atoms with van der Waals surface area (Å²) in [6, 6.07) is 0. The number of aliphatic hydroxyl groups is 1. The minimum atomic E-state index is -0.0448. The summed E-state index contributed by atoms with van der Waals surface area (Å²) in [7, 11) is 0. The van der Waals surface area contributed by atoms with Gasteiger partial charge in [0, 0.05) is 26.2 Å². The number of nitrogens with zero attached hydrogens (tertiary/aromatic N) is 2. The van der Waals surface area contributed by atoms with Crippen molar-refractivity contribution < 1.29 is 5.11 Å². The van der Waals surface area contributed by atoms with Gasteiger partial charge in [-0.3, -0.25) is 10.7 Å². The average Bonchev–Trinajstić information content (AvgIpc) is 2.09. The van der Waals surface area contributed by atoms with Crippen LogP contribution in [0.25, 0.3) is 0 Å². The summed E-state index contributed by atoms with van der Waals surface area (Å²) in [6.07, 6.45) is 0. The van der Waals surface area contributed by atoms with E-state index in [9.17, 15) is 0 Å². The molecule has 1 aliphatic heterocycles. The van der Waals surface area contributed by atoms with Gasteiger partial charge in [-0.15, -0.1) is 0 Å². The fourth-order valence-corrected chi connectivity index (χ4v) is 1.15. The highest BCUT2D eigenvalue weighted by atomic mass is 16.2. The van der Waals surface area contributed by atoms with Crippen LogP contribution in [0.1, 0.15) is 0 Å². The Morgan fingerprint density at radius 1 is 1.17 bits per heavy atom. The zero-order valence-corrected chi connectivity index (χ0v) is 7.16. The van der Waals surface area contributed by atoms with Crippen molar-refractivity contribution in [1.29, 1.82) is 0 Å². The Balaban J connectivity index is 2.17. The van der Waals surface area contributed by atoms with Crippen molar-refractivity contribution in [3.8, 4) is 11.8 Å². The van der Waals surface area contributed by atoms with E-state index in [1.165, 1.54) is 0 Å².